The summed E-state index contributed by atoms with van der Waals surface area (Å²) in [4.78, 5) is 14.8. The lowest BCUT2D eigenvalue weighted by Crippen LogP contribution is -2.26. The summed E-state index contributed by atoms with van der Waals surface area (Å²) in [5, 5.41) is 34.0. The molecule has 1 amide bonds. The van der Waals surface area contributed by atoms with E-state index in [-0.39, 0.29) is 17.3 Å². The van der Waals surface area contributed by atoms with Crippen LogP contribution in [0.1, 0.15) is 48.7 Å². The van der Waals surface area contributed by atoms with Crippen LogP contribution in [-0.4, -0.2) is 56.2 Å². The van der Waals surface area contributed by atoms with E-state index in [0.29, 0.717) is 29.0 Å². The van der Waals surface area contributed by atoms with Gasteiger partial charge < -0.3 is 10.4 Å². The zero-order chi connectivity index (χ0) is 26.6. The lowest BCUT2D eigenvalue weighted by Gasteiger charge is -2.16. The van der Waals surface area contributed by atoms with Crippen LogP contribution in [-0.2, 0) is 6.54 Å². The lowest BCUT2D eigenvalue weighted by atomic mass is 10.1. The zero-order valence-electron chi connectivity index (χ0n) is 21.1. The Balaban J connectivity index is 1.28. The SMILES string of the molecule is Cc1cc(F)c(NC(=O)c2cnn3ccc(-c4cnn(CC(C)(C)O)c4)cc23)cc1-c1nnn(C2CC2)n1. The van der Waals surface area contributed by atoms with Crippen LogP contribution in [0.3, 0.4) is 0 Å². The second-order valence-electron chi connectivity index (χ2n) is 10.3. The number of nitrogens with zero attached hydrogens (tertiary/aromatic N) is 8. The molecule has 4 heterocycles. The van der Waals surface area contributed by atoms with Crippen LogP contribution in [0.5, 0.6) is 0 Å². The van der Waals surface area contributed by atoms with E-state index < -0.39 is 17.3 Å². The van der Waals surface area contributed by atoms with Gasteiger partial charge >= 0.3 is 0 Å². The fourth-order valence-corrected chi connectivity index (χ4v) is 4.32. The molecule has 1 aromatic carbocycles. The number of benzene rings is 1. The number of aromatic nitrogens is 8. The summed E-state index contributed by atoms with van der Waals surface area (Å²) in [5.74, 6) is -0.681. The topological polar surface area (TPSA) is 128 Å². The summed E-state index contributed by atoms with van der Waals surface area (Å²) >= 11 is 0. The van der Waals surface area contributed by atoms with Crippen molar-refractivity contribution in [2.24, 2.45) is 0 Å². The highest BCUT2D eigenvalue weighted by molar-refractivity contribution is 6.09. The molecule has 1 aliphatic rings. The van der Waals surface area contributed by atoms with Crippen molar-refractivity contribution in [1.29, 1.82) is 0 Å². The summed E-state index contributed by atoms with van der Waals surface area (Å²) in [6, 6.07) is 6.84. The fraction of sp³-hybridized carbons (Fsp3) is 0.308. The first-order valence-corrected chi connectivity index (χ1v) is 12.3. The van der Waals surface area contributed by atoms with Crippen LogP contribution in [0.4, 0.5) is 10.1 Å². The van der Waals surface area contributed by atoms with Crippen molar-refractivity contribution in [3.63, 3.8) is 0 Å². The van der Waals surface area contributed by atoms with Gasteiger partial charge in [-0.2, -0.15) is 15.0 Å². The molecular weight excluding hydrogens is 489 g/mol. The molecule has 0 spiro atoms. The Bertz CT molecular complexity index is 1670. The van der Waals surface area contributed by atoms with Gasteiger partial charge in [-0.25, -0.2) is 8.91 Å². The van der Waals surface area contributed by atoms with E-state index >= 15 is 0 Å². The van der Waals surface area contributed by atoms with Crippen molar-refractivity contribution in [2.75, 3.05) is 5.32 Å². The fourth-order valence-electron chi connectivity index (χ4n) is 4.32. The number of aryl methyl sites for hydroxylation is 1. The van der Waals surface area contributed by atoms with Crippen molar-refractivity contribution in [1.82, 2.24) is 39.6 Å². The Morgan fingerprint density at radius 2 is 2.00 bits per heavy atom. The number of fused-ring (bicyclic) bond motifs is 1. The van der Waals surface area contributed by atoms with Crippen molar-refractivity contribution < 1.29 is 14.3 Å². The molecule has 4 aromatic heterocycles. The van der Waals surface area contributed by atoms with Gasteiger partial charge in [0.15, 0.2) is 0 Å². The Labute approximate surface area is 216 Å². The number of carbonyl (C=O) groups excluding carboxylic acids is 1. The smallest absolute Gasteiger partial charge is 0.259 e. The quantitative estimate of drug-likeness (QED) is 0.339. The maximum absolute atomic E-state index is 14.9. The normalized spacial score (nSPS) is 13.8. The van der Waals surface area contributed by atoms with E-state index in [0.717, 1.165) is 24.0 Å². The molecular formula is C26H26FN9O2. The molecule has 2 N–H and O–H groups in total. The third-order valence-corrected chi connectivity index (χ3v) is 6.39. The molecule has 11 nitrogen and oxygen atoms in total. The Morgan fingerprint density at radius 1 is 1.18 bits per heavy atom. The van der Waals surface area contributed by atoms with E-state index in [1.807, 2.05) is 18.3 Å². The van der Waals surface area contributed by atoms with E-state index in [1.165, 1.54) is 18.3 Å². The molecule has 5 aromatic rings. The number of rotatable bonds is 7. The number of tetrazole rings is 1. The monoisotopic (exact) mass is 515 g/mol. The third-order valence-electron chi connectivity index (χ3n) is 6.39. The minimum Gasteiger partial charge on any atom is -0.389 e. The van der Waals surface area contributed by atoms with Gasteiger partial charge in [0.2, 0.25) is 5.82 Å². The van der Waals surface area contributed by atoms with Crippen molar-refractivity contribution >= 4 is 17.1 Å². The number of halogens is 1. The highest BCUT2D eigenvalue weighted by Crippen LogP contribution is 2.34. The average molecular weight is 516 g/mol. The minimum atomic E-state index is -0.904. The summed E-state index contributed by atoms with van der Waals surface area (Å²) in [5.41, 5.74) is 2.83. The molecule has 0 atom stereocenters. The molecule has 38 heavy (non-hydrogen) atoms. The van der Waals surface area contributed by atoms with Gasteiger partial charge in [0.25, 0.3) is 5.91 Å². The maximum Gasteiger partial charge on any atom is 0.259 e. The Hall–Kier alpha value is -4.45. The third kappa shape index (κ3) is 4.65. The lowest BCUT2D eigenvalue weighted by molar-refractivity contribution is 0.0577. The Morgan fingerprint density at radius 3 is 2.76 bits per heavy atom. The standard InChI is InChI=1S/C26H26FN9O2/c1-15-8-21(27)22(10-19(15)24-31-33-36(32-24)18-4-5-18)30-25(37)20-12-29-35-7-6-16(9-23(20)35)17-11-28-34(13-17)14-26(2,3)38/h6-13,18,38H,4-5,14H2,1-3H3,(H,30,37). The highest BCUT2D eigenvalue weighted by atomic mass is 19.1. The van der Waals surface area contributed by atoms with Gasteiger partial charge in [-0.15, -0.1) is 10.2 Å². The largest absolute Gasteiger partial charge is 0.389 e. The number of hydrogen-bond acceptors (Lipinski definition) is 7. The molecule has 0 saturated heterocycles. The van der Waals surface area contributed by atoms with Crippen molar-refractivity contribution in [3.05, 3.63) is 66.0 Å². The van der Waals surface area contributed by atoms with Crippen molar-refractivity contribution in [2.45, 2.75) is 51.8 Å². The minimum absolute atomic E-state index is 0.0155. The van der Waals surface area contributed by atoms with Crippen LogP contribution in [0.25, 0.3) is 28.0 Å². The van der Waals surface area contributed by atoms with E-state index in [2.05, 4.69) is 30.9 Å². The number of carbonyl (C=O) groups is 1. The van der Waals surface area contributed by atoms with Crippen LogP contribution in [0, 0.1) is 12.7 Å². The van der Waals surface area contributed by atoms with E-state index in [4.69, 9.17) is 0 Å². The first-order valence-electron chi connectivity index (χ1n) is 12.3. The van der Waals surface area contributed by atoms with Crippen molar-refractivity contribution in [3.8, 4) is 22.5 Å². The number of nitrogens with one attached hydrogen (secondary N) is 1. The van der Waals surface area contributed by atoms with Crippen LogP contribution < -0.4 is 5.32 Å². The number of hydrogen-bond donors (Lipinski definition) is 2. The number of anilines is 1. The summed E-state index contributed by atoms with van der Waals surface area (Å²) in [6.45, 7) is 5.53. The van der Waals surface area contributed by atoms with Gasteiger partial charge in [-0.1, -0.05) is 0 Å². The molecule has 1 saturated carbocycles. The maximum atomic E-state index is 14.9. The van der Waals surface area contributed by atoms with Crippen LogP contribution >= 0.6 is 0 Å². The number of amides is 1. The van der Waals surface area contributed by atoms with Crippen LogP contribution in [0.2, 0.25) is 0 Å². The van der Waals surface area contributed by atoms with Gasteiger partial charge in [0.05, 0.1) is 47.3 Å². The molecule has 1 aliphatic carbocycles. The Kier molecular flexibility index (Phi) is 5.56. The van der Waals surface area contributed by atoms with Gasteiger partial charge in [-0.3, -0.25) is 9.48 Å². The second kappa shape index (κ2) is 8.84. The first kappa shape index (κ1) is 23.9. The predicted octanol–water partition coefficient (Wildman–Crippen LogP) is 3.66. The molecule has 0 bridgehead atoms. The van der Waals surface area contributed by atoms with E-state index in [9.17, 15) is 14.3 Å². The average Bonchev–Trinajstić information content (AvgIpc) is 3.24. The zero-order valence-corrected chi connectivity index (χ0v) is 21.1. The molecule has 6 rings (SSSR count). The molecule has 0 aliphatic heterocycles. The van der Waals surface area contributed by atoms with Gasteiger partial charge in [0, 0.05) is 23.5 Å². The number of pyridine rings is 1. The highest BCUT2D eigenvalue weighted by Gasteiger charge is 2.27. The van der Waals surface area contributed by atoms with Crippen LogP contribution in [0.15, 0.2) is 49.1 Å². The molecule has 12 heteroatoms. The molecule has 0 unspecified atom stereocenters. The first-order chi connectivity index (χ1) is 18.1. The van der Waals surface area contributed by atoms with Gasteiger partial charge in [0.1, 0.15) is 5.82 Å². The molecule has 194 valence electrons. The second-order valence-corrected chi connectivity index (χ2v) is 10.3. The summed E-state index contributed by atoms with van der Waals surface area (Å²) < 4.78 is 18.1. The summed E-state index contributed by atoms with van der Waals surface area (Å²) in [7, 11) is 0. The van der Waals surface area contributed by atoms with E-state index in [1.54, 1.807) is 47.2 Å². The number of aliphatic hydroxyl groups is 1. The molecule has 0 radical (unpaired) electrons. The van der Waals surface area contributed by atoms with Gasteiger partial charge in [-0.05, 0) is 74.2 Å². The molecule has 1 fully saturated rings. The summed E-state index contributed by atoms with van der Waals surface area (Å²) in [6.07, 6.45) is 8.76. The predicted molar refractivity (Wildman–Crippen MR) is 137 cm³/mol.